The first-order chi connectivity index (χ1) is 16.5. The summed E-state index contributed by atoms with van der Waals surface area (Å²) in [7, 11) is 0. The number of carbonyl (C=O) groups excluding carboxylic acids is 1. The molecule has 5 aromatic rings. The van der Waals surface area contributed by atoms with Gasteiger partial charge in [0.05, 0.1) is 11.1 Å². The van der Waals surface area contributed by atoms with Crippen molar-refractivity contribution in [2.24, 2.45) is 0 Å². The summed E-state index contributed by atoms with van der Waals surface area (Å²) in [6.07, 6.45) is 0. The largest absolute Gasteiger partial charge is 0.295 e. The monoisotopic (exact) mass is 467 g/mol. The molecule has 0 aliphatic heterocycles. The van der Waals surface area contributed by atoms with Crippen LogP contribution in [-0.2, 0) is 0 Å². The minimum Gasteiger partial charge on any atom is -0.295 e. The maximum atomic E-state index is 13.2. The first-order valence-electron chi connectivity index (χ1n) is 10.8. The van der Waals surface area contributed by atoms with Gasteiger partial charge in [0.15, 0.2) is 5.69 Å². The number of carbonyl (C=O) groups is 1. The normalized spacial score (nSPS) is 11.1. The van der Waals surface area contributed by atoms with Crippen molar-refractivity contribution in [3.8, 4) is 16.3 Å². The highest BCUT2D eigenvalue weighted by Crippen LogP contribution is 2.28. The first kappa shape index (κ1) is 21.7. The lowest BCUT2D eigenvalue weighted by atomic mass is 10.0. The molecule has 5 rings (SSSR count). The van der Waals surface area contributed by atoms with Gasteiger partial charge >= 0.3 is 0 Å². The van der Waals surface area contributed by atoms with Crippen LogP contribution in [-0.4, -0.2) is 25.9 Å². The molecule has 3 aromatic carbocycles. The van der Waals surface area contributed by atoms with Crippen molar-refractivity contribution in [1.29, 1.82) is 0 Å². The molecule has 0 fully saturated rings. The maximum absolute atomic E-state index is 13.2. The minimum absolute atomic E-state index is 0.136. The Bertz CT molecular complexity index is 1540. The van der Waals surface area contributed by atoms with E-state index in [1.54, 1.807) is 36.4 Å². The Morgan fingerprint density at radius 3 is 2.26 bits per heavy atom. The van der Waals surface area contributed by atoms with Crippen LogP contribution in [0.3, 0.4) is 0 Å². The van der Waals surface area contributed by atoms with E-state index in [1.807, 2.05) is 30.3 Å². The number of nitrogens with one attached hydrogen (secondary N) is 1. The van der Waals surface area contributed by atoms with Gasteiger partial charge in [-0.25, -0.2) is 0 Å². The van der Waals surface area contributed by atoms with Gasteiger partial charge in [-0.2, -0.15) is 9.78 Å². The van der Waals surface area contributed by atoms with Crippen molar-refractivity contribution in [3.63, 3.8) is 0 Å². The Morgan fingerprint density at radius 2 is 1.56 bits per heavy atom. The molecular formula is C26H21N5O2S. The lowest BCUT2D eigenvalue weighted by Gasteiger charge is -2.10. The van der Waals surface area contributed by atoms with E-state index in [9.17, 15) is 9.59 Å². The summed E-state index contributed by atoms with van der Waals surface area (Å²) < 4.78 is 1.25. The molecule has 0 unspecified atom stereocenters. The van der Waals surface area contributed by atoms with Crippen molar-refractivity contribution in [3.05, 3.63) is 100 Å². The smallest absolute Gasteiger partial charge is 0.279 e. The fourth-order valence-electron chi connectivity index (χ4n) is 3.66. The molecule has 0 aliphatic rings. The second-order valence-electron chi connectivity index (χ2n) is 8.09. The second kappa shape index (κ2) is 8.99. The lowest BCUT2D eigenvalue weighted by molar-refractivity contribution is 0.102. The van der Waals surface area contributed by atoms with Gasteiger partial charge in [0.25, 0.3) is 11.5 Å². The van der Waals surface area contributed by atoms with Crippen LogP contribution in [0.25, 0.3) is 27.0 Å². The van der Waals surface area contributed by atoms with E-state index in [0.29, 0.717) is 32.5 Å². The predicted molar refractivity (Wildman–Crippen MR) is 135 cm³/mol. The fraction of sp³-hybridized carbons (Fsp3) is 0.115. The summed E-state index contributed by atoms with van der Waals surface area (Å²) in [4.78, 5) is 26.3. The third-order valence-electron chi connectivity index (χ3n) is 5.49. The standard InChI is InChI=1S/C26H21N5O2S/c1-16(2)17-12-14-18(15-13-17)24-28-29-26(34-24)27-23(32)22-20-10-6-7-11-21(20)25(33)31(30-22)19-8-4-3-5-9-19/h3-16H,1-2H3,(H,27,29,32). The van der Waals surface area contributed by atoms with Crippen LogP contribution >= 0.6 is 11.3 Å². The van der Waals surface area contributed by atoms with Gasteiger partial charge < -0.3 is 0 Å². The number of nitrogens with zero attached hydrogens (tertiary/aromatic N) is 4. The SMILES string of the molecule is CC(C)c1ccc(-c2nnc(NC(=O)c3nn(-c4ccccc4)c(=O)c4ccccc34)s2)cc1. The first-order valence-corrected chi connectivity index (χ1v) is 11.7. The molecule has 168 valence electrons. The van der Waals surface area contributed by atoms with Gasteiger partial charge in [-0.3, -0.25) is 14.9 Å². The van der Waals surface area contributed by atoms with Crippen LogP contribution in [0.5, 0.6) is 0 Å². The van der Waals surface area contributed by atoms with Crippen molar-refractivity contribution in [1.82, 2.24) is 20.0 Å². The average Bonchev–Trinajstić information content (AvgIpc) is 3.33. The maximum Gasteiger partial charge on any atom is 0.279 e. The topological polar surface area (TPSA) is 89.8 Å². The predicted octanol–water partition coefficient (Wildman–Crippen LogP) is 5.28. The van der Waals surface area contributed by atoms with E-state index in [-0.39, 0.29) is 11.3 Å². The molecule has 0 aliphatic carbocycles. The van der Waals surface area contributed by atoms with Crippen LogP contribution in [0.1, 0.15) is 35.8 Å². The number of amides is 1. The molecule has 8 heteroatoms. The molecule has 2 aromatic heterocycles. The van der Waals surface area contributed by atoms with Crippen LogP contribution < -0.4 is 10.9 Å². The summed E-state index contributed by atoms with van der Waals surface area (Å²) >= 11 is 1.28. The number of fused-ring (bicyclic) bond motifs is 1. The summed E-state index contributed by atoms with van der Waals surface area (Å²) in [5, 5.41) is 17.5. The van der Waals surface area contributed by atoms with E-state index < -0.39 is 5.91 Å². The van der Waals surface area contributed by atoms with Gasteiger partial charge in [-0.1, -0.05) is 85.8 Å². The van der Waals surface area contributed by atoms with Crippen molar-refractivity contribution in [2.45, 2.75) is 19.8 Å². The number of benzene rings is 3. The van der Waals surface area contributed by atoms with Crippen LogP contribution in [0.4, 0.5) is 5.13 Å². The zero-order chi connectivity index (χ0) is 23.7. The van der Waals surface area contributed by atoms with Crippen LogP contribution in [0, 0.1) is 0 Å². The molecule has 0 bridgehead atoms. The van der Waals surface area contributed by atoms with Crippen LogP contribution in [0.2, 0.25) is 0 Å². The second-order valence-corrected chi connectivity index (χ2v) is 9.07. The number of anilines is 1. The molecule has 2 heterocycles. The van der Waals surface area contributed by atoms with Gasteiger partial charge in [0, 0.05) is 10.9 Å². The molecule has 0 radical (unpaired) electrons. The van der Waals surface area contributed by atoms with E-state index in [2.05, 4.69) is 46.6 Å². The molecule has 1 amide bonds. The lowest BCUT2D eigenvalue weighted by Crippen LogP contribution is -2.26. The molecule has 0 saturated heterocycles. The number of para-hydroxylation sites is 1. The van der Waals surface area contributed by atoms with Gasteiger partial charge in [0.1, 0.15) is 5.01 Å². The number of rotatable bonds is 5. The molecular weight excluding hydrogens is 446 g/mol. The Kier molecular flexibility index (Phi) is 5.73. The summed E-state index contributed by atoms with van der Waals surface area (Å²) in [5.41, 5.74) is 2.60. The molecule has 0 saturated carbocycles. The van der Waals surface area contributed by atoms with Crippen LogP contribution in [0.15, 0.2) is 83.7 Å². The molecule has 1 N–H and O–H groups in total. The molecule has 7 nitrogen and oxygen atoms in total. The number of aromatic nitrogens is 4. The summed E-state index contributed by atoms with van der Waals surface area (Å²) in [5.74, 6) is -0.0152. The Hall–Kier alpha value is -4.17. The zero-order valence-electron chi connectivity index (χ0n) is 18.6. The highest BCUT2D eigenvalue weighted by atomic mass is 32.1. The van der Waals surface area contributed by atoms with E-state index >= 15 is 0 Å². The number of hydrogen-bond donors (Lipinski definition) is 1. The summed E-state index contributed by atoms with van der Waals surface area (Å²) in [6, 6.07) is 24.1. The number of hydrogen-bond acceptors (Lipinski definition) is 6. The quantitative estimate of drug-likeness (QED) is 0.380. The molecule has 0 atom stereocenters. The molecule has 0 spiro atoms. The Balaban J connectivity index is 1.49. The third-order valence-corrected chi connectivity index (χ3v) is 6.38. The van der Waals surface area contributed by atoms with Crippen molar-refractivity contribution >= 4 is 33.1 Å². The van der Waals surface area contributed by atoms with Crippen molar-refractivity contribution in [2.75, 3.05) is 5.32 Å². The molecule has 34 heavy (non-hydrogen) atoms. The van der Waals surface area contributed by atoms with Gasteiger partial charge in [-0.05, 0) is 29.7 Å². The van der Waals surface area contributed by atoms with E-state index in [0.717, 1.165) is 5.56 Å². The van der Waals surface area contributed by atoms with Crippen molar-refractivity contribution < 1.29 is 4.79 Å². The fourth-order valence-corrected chi connectivity index (χ4v) is 4.40. The highest BCUT2D eigenvalue weighted by molar-refractivity contribution is 7.18. The third kappa shape index (κ3) is 4.11. The summed E-state index contributed by atoms with van der Waals surface area (Å²) in [6.45, 7) is 4.29. The van der Waals surface area contributed by atoms with E-state index in [1.165, 1.54) is 21.6 Å². The Labute approximate surface area is 199 Å². The van der Waals surface area contributed by atoms with Gasteiger partial charge in [0.2, 0.25) is 5.13 Å². The van der Waals surface area contributed by atoms with Gasteiger partial charge in [-0.15, -0.1) is 10.2 Å². The Morgan fingerprint density at radius 1 is 0.882 bits per heavy atom. The highest BCUT2D eigenvalue weighted by Gasteiger charge is 2.19. The zero-order valence-corrected chi connectivity index (χ0v) is 19.4. The minimum atomic E-state index is -0.460. The van der Waals surface area contributed by atoms with E-state index in [4.69, 9.17) is 0 Å². The average molecular weight is 468 g/mol.